The Morgan fingerprint density at radius 1 is 1.11 bits per heavy atom. The Morgan fingerprint density at radius 3 is 2.69 bits per heavy atom. The Labute approximate surface area is 227 Å². The lowest BCUT2D eigenvalue weighted by molar-refractivity contribution is 0.0950. The summed E-state index contributed by atoms with van der Waals surface area (Å²) >= 11 is 19.0. The molecular weight excluding hydrogens is 621 g/mol. The van der Waals surface area contributed by atoms with Gasteiger partial charge in [0.25, 0.3) is 5.91 Å². The van der Waals surface area contributed by atoms with E-state index in [2.05, 4.69) is 42.2 Å². The number of carbonyl (C=O) groups is 2. The minimum absolute atomic E-state index is 0.120. The fourth-order valence-electron chi connectivity index (χ4n) is 3.81. The molecule has 0 spiro atoms. The number of aromatic nitrogens is 1. The van der Waals surface area contributed by atoms with Gasteiger partial charge < -0.3 is 15.0 Å². The number of nitrogens with zero attached hydrogens (tertiary/aromatic N) is 2. The maximum absolute atomic E-state index is 13.2. The number of fused-ring (bicyclic) bond motifs is 2. The molecule has 2 aromatic carbocycles. The fourth-order valence-corrected chi connectivity index (χ4v) is 5.29. The summed E-state index contributed by atoms with van der Waals surface area (Å²) in [6.07, 6.45) is 4.59. The molecule has 6 nitrogen and oxygen atoms in total. The number of hydrogen-bond donors (Lipinski definition) is 1. The number of Topliss-reactive ketones (excluding diaryl/α,β-unsaturated/α-hetero) is 1. The van der Waals surface area contributed by atoms with Crippen LogP contribution in [0, 0.1) is 0 Å². The first-order valence-electron chi connectivity index (χ1n) is 10.4. The molecule has 3 aromatic rings. The largest absolute Gasteiger partial charge is 0.481 e. The van der Waals surface area contributed by atoms with E-state index in [1.165, 1.54) is 6.07 Å². The third-order valence-corrected chi connectivity index (χ3v) is 7.26. The molecule has 35 heavy (non-hydrogen) atoms. The predicted molar refractivity (Wildman–Crippen MR) is 142 cm³/mol. The van der Waals surface area contributed by atoms with Crippen molar-refractivity contribution in [1.82, 2.24) is 10.3 Å². The van der Waals surface area contributed by atoms with Crippen molar-refractivity contribution < 1.29 is 14.3 Å². The number of halogens is 4. The number of nitrogens with one attached hydrogen (secondary N) is 1. The van der Waals surface area contributed by atoms with Crippen LogP contribution in [0.2, 0.25) is 10.0 Å². The van der Waals surface area contributed by atoms with Crippen molar-refractivity contribution >= 4 is 72.6 Å². The number of anilines is 1. The monoisotopic (exact) mass is 633 g/mol. The highest BCUT2D eigenvalue weighted by Crippen LogP contribution is 2.37. The van der Waals surface area contributed by atoms with E-state index < -0.39 is 6.10 Å². The lowest BCUT2D eigenvalue weighted by atomic mass is 9.93. The first kappa shape index (κ1) is 24.1. The third kappa shape index (κ3) is 4.76. The molecule has 0 saturated heterocycles. The topological polar surface area (TPSA) is 71.5 Å². The Kier molecular flexibility index (Phi) is 6.72. The lowest BCUT2D eigenvalue weighted by Gasteiger charge is -2.34. The van der Waals surface area contributed by atoms with Crippen molar-refractivity contribution in [3.63, 3.8) is 0 Å². The van der Waals surface area contributed by atoms with E-state index in [0.717, 1.165) is 4.47 Å². The molecule has 2 aliphatic rings. The zero-order valence-corrected chi connectivity index (χ0v) is 22.5. The molecule has 1 N–H and O–H groups in total. The van der Waals surface area contributed by atoms with Gasteiger partial charge in [-0.3, -0.25) is 9.59 Å². The van der Waals surface area contributed by atoms with Crippen LogP contribution < -0.4 is 15.0 Å². The van der Waals surface area contributed by atoms with E-state index in [-0.39, 0.29) is 18.2 Å². The third-order valence-electron chi connectivity index (χ3n) is 5.50. The highest BCUT2D eigenvalue weighted by atomic mass is 79.9. The van der Waals surface area contributed by atoms with Gasteiger partial charge >= 0.3 is 0 Å². The summed E-state index contributed by atoms with van der Waals surface area (Å²) in [5, 5.41) is 3.56. The number of benzene rings is 2. The standard InChI is InChI=1S/C25H15Br2Cl2N3O3/c26-14-8-18(27)24(30-10-14)32-12-17-22(35-21-4-2-1-3-16(21)23(17)33)9-15(32)11-31-25(34)13-5-6-19(28)20(29)7-13/h1-10,12,22H,11H2,(H,31,34)/t22-/m1/s1. The number of hydrogen-bond acceptors (Lipinski definition) is 5. The highest BCUT2D eigenvalue weighted by Gasteiger charge is 2.35. The predicted octanol–water partition coefficient (Wildman–Crippen LogP) is 6.58. The van der Waals surface area contributed by atoms with Crippen LogP contribution in [0.1, 0.15) is 20.7 Å². The maximum atomic E-state index is 13.2. The van der Waals surface area contributed by atoms with Crippen LogP contribution in [0.15, 0.2) is 87.2 Å². The Balaban J connectivity index is 1.49. The molecule has 0 fully saturated rings. The fraction of sp³-hybridized carbons (Fsp3) is 0.0800. The molecule has 0 aliphatic carbocycles. The second-order valence-electron chi connectivity index (χ2n) is 7.75. The normalized spacial score (nSPS) is 16.5. The van der Waals surface area contributed by atoms with Gasteiger partial charge in [-0.1, -0.05) is 35.3 Å². The van der Waals surface area contributed by atoms with Gasteiger partial charge in [0.05, 0.1) is 32.2 Å². The molecule has 1 amide bonds. The van der Waals surface area contributed by atoms with E-state index in [1.807, 2.05) is 18.2 Å². The molecular formula is C25H15Br2Cl2N3O3. The average Bonchev–Trinajstić information content (AvgIpc) is 2.84. The Bertz CT molecular complexity index is 1440. The molecule has 2 aliphatic heterocycles. The van der Waals surface area contributed by atoms with E-state index in [9.17, 15) is 9.59 Å². The molecule has 0 saturated carbocycles. The molecule has 5 rings (SSSR count). The van der Waals surface area contributed by atoms with E-state index >= 15 is 0 Å². The van der Waals surface area contributed by atoms with E-state index in [4.69, 9.17) is 27.9 Å². The summed E-state index contributed by atoms with van der Waals surface area (Å²) in [5.41, 5.74) is 2.02. The lowest BCUT2D eigenvalue weighted by Crippen LogP contribution is -2.39. The van der Waals surface area contributed by atoms with Crippen LogP contribution >= 0.6 is 55.1 Å². The van der Waals surface area contributed by atoms with Crippen molar-refractivity contribution in [2.45, 2.75) is 6.10 Å². The number of para-hydroxylation sites is 1. The van der Waals surface area contributed by atoms with Crippen molar-refractivity contribution in [1.29, 1.82) is 0 Å². The van der Waals surface area contributed by atoms with Gasteiger partial charge in [0, 0.05) is 28.1 Å². The van der Waals surface area contributed by atoms with Crippen LogP contribution in [0.4, 0.5) is 5.82 Å². The quantitative estimate of drug-likeness (QED) is 0.351. The van der Waals surface area contributed by atoms with Crippen molar-refractivity contribution in [2.75, 3.05) is 11.4 Å². The molecule has 0 radical (unpaired) electrons. The number of carbonyl (C=O) groups excluding carboxylic acids is 2. The molecule has 1 aromatic heterocycles. The van der Waals surface area contributed by atoms with Gasteiger partial charge in [-0.25, -0.2) is 4.98 Å². The van der Waals surface area contributed by atoms with E-state index in [0.29, 0.717) is 48.5 Å². The molecule has 0 unspecified atom stereocenters. The van der Waals surface area contributed by atoms with Crippen molar-refractivity contribution in [3.05, 3.63) is 108 Å². The van der Waals surface area contributed by atoms with Gasteiger partial charge in [-0.2, -0.15) is 0 Å². The smallest absolute Gasteiger partial charge is 0.251 e. The second-order valence-corrected chi connectivity index (χ2v) is 10.3. The van der Waals surface area contributed by atoms with Crippen LogP contribution in [0.3, 0.4) is 0 Å². The first-order valence-corrected chi connectivity index (χ1v) is 12.7. The number of rotatable bonds is 4. The maximum Gasteiger partial charge on any atom is 0.251 e. The highest BCUT2D eigenvalue weighted by molar-refractivity contribution is 9.11. The summed E-state index contributed by atoms with van der Waals surface area (Å²) in [4.78, 5) is 32.3. The number of ether oxygens (including phenoxy) is 1. The van der Waals surface area contributed by atoms with Gasteiger partial charge in [0.1, 0.15) is 11.9 Å². The van der Waals surface area contributed by atoms with Crippen LogP contribution in [0.25, 0.3) is 0 Å². The van der Waals surface area contributed by atoms with Crippen LogP contribution in [-0.4, -0.2) is 29.3 Å². The zero-order valence-electron chi connectivity index (χ0n) is 17.8. The average molecular weight is 636 g/mol. The van der Waals surface area contributed by atoms with Gasteiger partial charge in [-0.15, -0.1) is 0 Å². The summed E-state index contributed by atoms with van der Waals surface area (Å²) in [6, 6.07) is 13.7. The van der Waals surface area contributed by atoms with Crippen molar-refractivity contribution in [3.8, 4) is 5.75 Å². The van der Waals surface area contributed by atoms with Gasteiger partial charge in [-0.05, 0) is 74.3 Å². The SMILES string of the molecule is O=C(NCC1=C[C@H]2Oc3ccccc3C(=O)C2=CN1c1ncc(Br)cc1Br)c1ccc(Cl)c(Cl)c1. The number of pyridine rings is 1. The van der Waals surface area contributed by atoms with E-state index in [1.54, 1.807) is 47.6 Å². The number of amides is 1. The Morgan fingerprint density at radius 2 is 1.91 bits per heavy atom. The summed E-state index contributed by atoms with van der Waals surface area (Å²) in [7, 11) is 0. The zero-order chi connectivity index (χ0) is 24.7. The number of ketones is 1. The summed E-state index contributed by atoms with van der Waals surface area (Å²) in [5.74, 6) is 0.630. The minimum Gasteiger partial charge on any atom is -0.481 e. The summed E-state index contributed by atoms with van der Waals surface area (Å²) < 4.78 is 7.61. The summed E-state index contributed by atoms with van der Waals surface area (Å²) in [6.45, 7) is 0.142. The van der Waals surface area contributed by atoms with Crippen LogP contribution in [0.5, 0.6) is 5.75 Å². The molecule has 0 bridgehead atoms. The van der Waals surface area contributed by atoms with Gasteiger partial charge in [0.15, 0.2) is 11.6 Å². The molecule has 10 heteroatoms. The van der Waals surface area contributed by atoms with Crippen molar-refractivity contribution in [2.24, 2.45) is 0 Å². The van der Waals surface area contributed by atoms with Gasteiger partial charge in [0.2, 0.25) is 0 Å². The molecule has 1 atom stereocenters. The van der Waals surface area contributed by atoms with Crippen LogP contribution in [-0.2, 0) is 0 Å². The molecule has 176 valence electrons. The second kappa shape index (κ2) is 9.78. The Hall–Kier alpha value is -2.65. The minimum atomic E-state index is -0.597. The molecule has 3 heterocycles. The first-order chi connectivity index (χ1) is 16.8.